The largest absolute Gasteiger partial charge is 0.490 e. The van der Waals surface area contributed by atoms with Crippen LogP contribution in [0.4, 0.5) is 0 Å². The summed E-state index contributed by atoms with van der Waals surface area (Å²) in [5.74, 6) is 0.481. The molecule has 8 heteroatoms. The van der Waals surface area contributed by atoms with Gasteiger partial charge in [0, 0.05) is 17.1 Å². The topological polar surface area (TPSA) is 79.1 Å². The standard InChI is InChI=1S/C18H18N2O5S/c1-3-23-14-6-4-5-7-15(14)24-10-17(22)25-9-13-8-16(21)20-12(2)11-26-18(20)19-13/h4-8,11H,3,9-10H2,1-2H3. The van der Waals surface area contributed by atoms with Crippen LogP contribution in [0.5, 0.6) is 11.5 Å². The number of carbonyl (C=O) groups is 1. The van der Waals surface area contributed by atoms with Crippen molar-refractivity contribution >= 4 is 22.3 Å². The number of ether oxygens (including phenoxy) is 3. The molecule has 0 atom stereocenters. The van der Waals surface area contributed by atoms with Crippen molar-refractivity contribution in [2.45, 2.75) is 20.5 Å². The first-order valence-electron chi connectivity index (χ1n) is 8.05. The van der Waals surface area contributed by atoms with E-state index in [1.165, 1.54) is 21.8 Å². The van der Waals surface area contributed by atoms with Gasteiger partial charge in [0.1, 0.15) is 6.61 Å². The van der Waals surface area contributed by atoms with Gasteiger partial charge >= 0.3 is 5.97 Å². The number of carbonyl (C=O) groups excluding carboxylic acids is 1. The van der Waals surface area contributed by atoms with Gasteiger partial charge in [-0.15, -0.1) is 11.3 Å². The van der Waals surface area contributed by atoms with E-state index in [4.69, 9.17) is 14.2 Å². The van der Waals surface area contributed by atoms with Crippen LogP contribution in [-0.4, -0.2) is 28.6 Å². The van der Waals surface area contributed by atoms with Crippen molar-refractivity contribution in [3.05, 3.63) is 57.5 Å². The van der Waals surface area contributed by atoms with Gasteiger partial charge in [0.25, 0.3) is 5.56 Å². The molecule has 0 saturated heterocycles. The maximum Gasteiger partial charge on any atom is 0.344 e. The van der Waals surface area contributed by atoms with Gasteiger partial charge in [-0.25, -0.2) is 9.78 Å². The summed E-state index contributed by atoms with van der Waals surface area (Å²) in [7, 11) is 0. The van der Waals surface area contributed by atoms with E-state index in [0.717, 1.165) is 5.69 Å². The minimum atomic E-state index is -0.555. The van der Waals surface area contributed by atoms with Gasteiger partial charge in [-0.1, -0.05) is 12.1 Å². The Balaban J connectivity index is 1.59. The zero-order chi connectivity index (χ0) is 18.5. The Morgan fingerprint density at radius 2 is 1.96 bits per heavy atom. The molecule has 0 spiro atoms. The van der Waals surface area contributed by atoms with Gasteiger partial charge in [-0.2, -0.15) is 0 Å². The predicted molar refractivity (Wildman–Crippen MR) is 97.0 cm³/mol. The molecule has 0 unspecified atom stereocenters. The zero-order valence-corrected chi connectivity index (χ0v) is 15.2. The zero-order valence-electron chi connectivity index (χ0n) is 14.4. The summed E-state index contributed by atoms with van der Waals surface area (Å²) in [6.07, 6.45) is 0. The average Bonchev–Trinajstić information content (AvgIpc) is 3.01. The van der Waals surface area contributed by atoms with Gasteiger partial charge in [-0.05, 0) is 26.0 Å². The van der Waals surface area contributed by atoms with Crippen LogP contribution >= 0.6 is 11.3 Å². The van der Waals surface area contributed by atoms with Crippen molar-refractivity contribution in [3.8, 4) is 11.5 Å². The Hall–Kier alpha value is -2.87. The lowest BCUT2D eigenvalue weighted by atomic mass is 10.3. The summed E-state index contributed by atoms with van der Waals surface area (Å²) in [5, 5.41) is 1.85. The molecule has 26 heavy (non-hydrogen) atoms. The third kappa shape index (κ3) is 4.02. The number of aromatic nitrogens is 2. The molecule has 1 aromatic carbocycles. The number of fused-ring (bicyclic) bond motifs is 1. The molecule has 0 aliphatic heterocycles. The molecule has 2 aromatic heterocycles. The Bertz CT molecular complexity index is 979. The van der Waals surface area contributed by atoms with Gasteiger partial charge in [-0.3, -0.25) is 9.20 Å². The fourth-order valence-electron chi connectivity index (χ4n) is 2.35. The first kappa shape index (κ1) is 17.9. The number of nitrogens with zero attached hydrogens (tertiary/aromatic N) is 2. The van der Waals surface area contributed by atoms with Crippen LogP contribution in [0.25, 0.3) is 4.96 Å². The lowest BCUT2D eigenvalue weighted by Gasteiger charge is -2.11. The van der Waals surface area contributed by atoms with E-state index in [2.05, 4.69) is 4.98 Å². The monoisotopic (exact) mass is 374 g/mol. The summed E-state index contributed by atoms with van der Waals surface area (Å²) in [4.78, 5) is 28.9. The fraction of sp³-hybridized carbons (Fsp3) is 0.278. The van der Waals surface area contributed by atoms with E-state index in [9.17, 15) is 9.59 Å². The van der Waals surface area contributed by atoms with E-state index >= 15 is 0 Å². The minimum absolute atomic E-state index is 0.0853. The molecule has 0 aliphatic carbocycles. The first-order chi connectivity index (χ1) is 12.6. The highest BCUT2D eigenvalue weighted by Gasteiger charge is 2.11. The number of hydrogen-bond acceptors (Lipinski definition) is 7. The molecule has 2 heterocycles. The second kappa shape index (κ2) is 8.01. The van der Waals surface area contributed by atoms with Crippen LogP contribution in [-0.2, 0) is 16.1 Å². The second-order valence-electron chi connectivity index (χ2n) is 5.41. The van der Waals surface area contributed by atoms with Crippen molar-refractivity contribution in [1.82, 2.24) is 9.38 Å². The molecule has 0 fully saturated rings. The van der Waals surface area contributed by atoms with Crippen molar-refractivity contribution < 1.29 is 19.0 Å². The summed E-state index contributed by atoms with van der Waals surface area (Å²) in [6.45, 7) is 3.86. The normalized spacial score (nSPS) is 10.7. The van der Waals surface area contributed by atoms with Crippen molar-refractivity contribution in [3.63, 3.8) is 0 Å². The third-order valence-corrected chi connectivity index (χ3v) is 4.45. The highest BCUT2D eigenvalue weighted by atomic mass is 32.1. The third-order valence-electron chi connectivity index (χ3n) is 3.50. The molecule has 3 aromatic rings. The summed E-state index contributed by atoms with van der Waals surface area (Å²) >= 11 is 1.36. The molecule has 0 saturated carbocycles. The summed E-state index contributed by atoms with van der Waals surface area (Å²) in [6, 6.07) is 8.46. The van der Waals surface area contributed by atoms with Crippen molar-refractivity contribution in [2.24, 2.45) is 0 Å². The van der Waals surface area contributed by atoms with E-state index in [0.29, 0.717) is 28.8 Å². The summed E-state index contributed by atoms with van der Waals surface area (Å²) < 4.78 is 17.6. The van der Waals surface area contributed by atoms with Crippen molar-refractivity contribution in [1.29, 1.82) is 0 Å². The molecular weight excluding hydrogens is 356 g/mol. The lowest BCUT2D eigenvalue weighted by molar-refractivity contribution is -0.147. The molecule has 0 radical (unpaired) electrons. The first-order valence-corrected chi connectivity index (χ1v) is 8.93. The number of hydrogen-bond donors (Lipinski definition) is 0. The highest BCUT2D eigenvalue weighted by molar-refractivity contribution is 7.15. The highest BCUT2D eigenvalue weighted by Crippen LogP contribution is 2.26. The SMILES string of the molecule is CCOc1ccccc1OCC(=O)OCc1cc(=O)n2c(C)csc2n1. The molecule has 3 rings (SSSR count). The van der Waals surface area contributed by atoms with E-state index in [1.807, 2.05) is 25.3 Å². The lowest BCUT2D eigenvalue weighted by Crippen LogP contribution is -2.18. The second-order valence-corrected chi connectivity index (χ2v) is 6.25. The van der Waals surface area contributed by atoms with E-state index in [1.54, 1.807) is 18.2 Å². The maximum absolute atomic E-state index is 12.1. The molecule has 7 nitrogen and oxygen atoms in total. The van der Waals surface area contributed by atoms with Crippen LogP contribution in [0, 0.1) is 6.92 Å². The van der Waals surface area contributed by atoms with Gasteiger partial charge in [0.05, 0.1) is 12.3 Å². The molecule has 0 amide bonds. The van der Waals surface area contributed by atoms with Gasteiger partial charge in [0.2, 0.25) is 0 Å². The molecular formula is C18H18N2O5S. The van der Waals surface area contributed by atoms with Crippen LogP contribution in [0.1, 0.15) is 18.3 Å². The van der Waals surface area contributed by atoms with Crippen LogP contribution in [0.3, 0.4) is 0 Å². The number of aryl methyl sites for hydroxylation is 1. The van der Waals surface area contributed by atoms with Crippen molar-refractivity contribution in [2.75, 3.05) is 13.2 Å². The Morgan fingerprint density at radius 1 is 1.23 bits per heavy atom. The van der Waals surface area contributed by atoms with E-state index < -0.39 is 5.97 Å². The Labute approximate surface area is 153 Å². The average molecular weight is 374 g/mol. The maximum atomic E-state index is 12.1. The number of rotatable bonds is 7. The van der Waals surface area contributed by atoms with Gasteiger partial charge < -0.3 is 14.2 Å². The fourth-order valence-corrected chi connectivity index (χ4v) is 3.24. The molecule has 136 valence electrons. The van der Waals surface area contributed by atoms with Gasteiger partial charge in [0.15, 0.2) is 23.1 Å². The summed E-state index contributed by atoms with van der Waals surface area (Å²) in [5.41, 5.74) is 1.04. The quantitative estimate of drug-likeness (QED) is 0.592. The molecule has 0 bridgehead atoms. The number of para-hydroxylation sites is 2. The smallest absolute Gasteiger partial charge is 0.344 e. The number of esters is 1. The Kier molecular flexibility index (Phi) is 5.52. The minimum Gasteiger partial charge on any atom is -0.490 e. The molecule has 0 N–H and O–H groups in total. The van der Waals surface area contributed by atoms with Crippen LogP contribution in [0.15, 0.2) is 40.5 Å². The number of benzene rings is 1. The van der Waals surface area contributed by atoms with E-state index in [-0.39, 0.29) is 18.8 Å². The Morgan fingerprint density at radius 3 is 2.69 bits per heavy atom. The van der Waals surface area contributed by atoms with Crippen LogP contribution in [0.2, 0.25) is 0 Å². The molecule has 0 aliphatic rings. The van der Waals surface area contributed by atoms with Crippen LogP contribution < -0.4 is 15.0 Å². The predicted octanol–water partition coefficient (Wildman–Crippen LogP) is 2.59. The number of thiazole rings is 1.